The van der Waals surface area contributed by atoms with Gasteiger partial charge in [0.15, 0.2) is 5.11 Å². The third-order valence-corrected chi connectivity index (χ3v) is 7.30. The molecule has 6 nitrogen and oxygen atoms in total. The monoisotopic (exact) mass is 394 g/mol. The zero-order valence-electron chi connectivity index (χ0n) is 16.3. The first-order valence-electron chi connectivity index (χ1n) is 10.7. The Labute approximate surface area is 168 Å². The first-order chi connectivity index (χ1) is 13.1. The molecule has 7 heteroatoms. The lowest BCUT2D eigenvalue weighted by atomic mass is 9.49. The van der Waals surface area contributed by atoms with Crippen LogP contribution < -0.4 is 16.2 Å². The molecule has 5 rings (SSSR count). The van der Waals surface area contributed by atoms with E-state index < -0.39 is 0 Å². The van der Waals surface area contributed by atoms with Crippen LogP contribution in [0.3, 0.4) is 0 Å². The molecule has 0 aromatic heterocycles. The van der Waals surface area contributed by atoms with E-state index in [1.165, 1.54) is 38.5 Å². The molecule has 1 heterocycles. The Hall–Kier alpha value is -0.920. The number of nitrogens with zero attached hydrogens (tertiary/aromatic N) is 1. The molecule has 0 atom stereocenters. The van der Waals surface area contributed by atoms with E-state index in [0.717, 1.165) is 63.6 Å². The van der Waals surface area contributed by atoms with Crippen molar-refractivity contribution in [2.75, 3.05) is 39.4 Å². The van der Waals surface area contributed by atoms with E-state index in [0.29, 0.717) is 11.5 Å². The lowest BCUT2D eigenvalue weighted by Gasteiger charge is -2.56. The Kier molecular flexibility index (Phi) is 6.19. The molecule has 3 N–H and O–H groups in total. The maximum Gasteiger partial charge on any atom is 0.238 e. The molecular weight excluding hydrogens is 360 g/mol. The van der Waals surface area contributed by atoms with Crippen molar-refractivity contribution in [3.8, 4) is 0 Å². The van der Waals surface area contributed by atoms with E-state index >= 15 is 0 Å². The van der Waals surface area contributed by atoms with Crippen molar-refractivity contribution in [3.05, 3.63) is 0 Å². The molecule has 4 bridgehead atoms. The minimum absolute atomic E-state index is 0.0921. The highest BCUT2D eigenvalue weighted by Crippen LogP contribution is 2.61. The Morgan fingerprint density at radius 2 is 1.67 bits per heavy atom. The lowest BCUT2D eigenvalue weighted by Crippen LogP contribution is -2.51. The minimum atomic E-state index is 0.0921. The van der Waals surface area contributed by atoms with Gasteiger partial charge in [0.25, 0.3) is 0 Å². The maximum atomic E-state index is 12.5. The number of thiocarbonyl (C=S) groups is 1. The van der Waals surface area contributed by atoms with Gasteiger partial charge in [0.2, 0.25) is 5.91 Å². The van der Waals surface area contributed by atoms with Crippen LogP contribution in [0.1, 0.15) is 51.4 Å². The molecule has 5 fully saturated rings. The van der Waals surface area contributed by atoms with E-state index in [1.54, 1.807) is 0 Å². The average Bonchev–Trinajstić information content (AvgIpc) is 2.63. The minimum Gasteiger partial charge on any atom is -0.379 e. The zero-order chi connectivity index (χ0) is 18.7. The lowest BCUT2D eigenvalue weighted by molar-refractivity contribution is -0.130. The molecule has 5 aliphatic rings. The predicted octanol–water partition coefficient (Wildman–Crippen LogP) is 1.81. The number of ether oxygens (including phenoxy) is 1. The van der Waals surface area contributed by atoms with Gasteiger partial charge in [-0.1, -0.05) is 0 Å². The number of carbonyl (C=O) groups excluding carboxylic acids is 1. The van der Waals surface area contributed by atoms with Crippen molar-refractivity contribution < 1.29 is 9.53 Å². The van der Waals surface area contributed by atoms with Gasteiger partial charge in [-0.15, -0.1) is 0 Å². The number of carbonyl (C=O) groups is 1. The summed E-state index contributed by atoms with van der Waals surface area (Å²) < 4.78 is 5.36. The fourth-order valence-corrected chi connectivity index (χ4v) is 6.54. The van der Waals surface area contributed by atoms with Crippen LogP contribution in [0, 0.1) is 23.2 Å². The third-order valence-electron chi connectivity index (χ3n) is 7.06. The van der Waals surface area contributed by atoms with Gasteiger partial charge in [-0.05, 0) is 86.9 Å². The van der Waals surface area contributed by atoms with Crippen molar-refractivity contribution in [1.82, 2.24) is 21.1 Å². The molecule has 4 saturated carbocycles. The number of hydrazine groups is 1. The van der Waals surface area contributed by atoms with Crippen LogP contribution in [0.2, 0.25) is 0 Å². The normalized spacial score (nSPS) is 35.0. The quantitative estimate of drug-likeness (QED) is 0.363. The second-order valence-electron chi connectivity index (χ2n) is 9.33. The molecule has 0 spiro atoms. The molecule has 1 amide bonds. The summed E-state index contributed by atoms with van der Waals surface area (Å²) in [5, 5.41) is 3.69. The van der Waals surface area contributed by atoms with Crippen LogP contribution in [-0.4, -0.2) is 55.3 Å². The van der Waals surface area contributed by atoms with Gasteiger partial charge in [-0.3, -0.25) is 20.5 Å². The molecule has 0 unspecified atom stereocenters. The zero-order valence-corrected chi connectivity index (χ0v) is 17.1. The SMILES string of the molecule is O=C(CC12CC3CC(CC(C3)C1)C2)NNC(=S)NCCCN1CCOCC1. The number of hydrogen-bond acceptors (Lipinski definition) is 4. The molecular formula is C20H34N4O2S. The summed E-state index contributed by atoms with van der Waals surface area (Å²) in [5.74, 6) is 2.73. The van der Waals surface area contributed by atoms with Gasteiger partial charge < -0.3 is 10.1 Å². The molecule has 0 aromatic rings. The fourth-order valence-electron chi connectivity index (χ4n) is 6.39. The highest BCUT2D eigenvalue weighted by atomic mass is 32.1. The van der Waals surface area contributed by atoms with Gasteiger partial charge >= 0.3 is 0 Å². The molecule has 0 radical (unpaired) electrons. The molecule has 152 valence electrons. The van der Waals surface area contributed by atoms with Crippen molar-refractivity contribution >= 4 is 23.2 Å². The molecule has 4 aliphatic carbocycles. The van der Waals surface area contributed by atoms with E-state index in [9.17, 15) is 4.79 Å². The van der Waals surface area contributed by atoms with Gasteiger partial charge in [0.1, 0.15) is 0 Å². The van der Waals surface area contributed by atoms with Crippen molar-refractivity contribution in [3.63, 3.8) is 0 Å². The van der Waals surface area contributed by atoms with Crippen LogP contribution in [0.5, 0.6) is 0 Å². The highest BCUT2D eigenvalue weighted by Gasteiger charge is 2.51. The number of nitrogens with one attached hydrogen (secondary N) is 3. The number of morpholine rings is 1. The van der Waals surface area contributed by atoms with Gasteiger partial charge in [-0.2, -0.15) is 0 Å². The first-order valence-corrected chi connectivity index (χ1v) is 11.1. The smallest absolute Gasteiger partial charge is 0.238 e. The summed E-state index contributed by atoms with van der Waals surface area (Å²) in [6, 6.07) is 0. The Bertz CT molecular complexity index is 515. The molecule has 1 aliphatic heterocycles. The predicted molar refractivity (Wildman–Crippen MR) is 109 cm³/mol. The van der Waals surface area contributed by atoms with E-state index in [1.807, 2.05) is 0 Å². The maximum absolute atomic E-state index is 12.5. The van der Waals surface area contributed by atoms with Crippen LogP contribution >= 0.6 is 12.2 Å². The largest absolute Gasteiger partial charge is 0.379 e. The Balaban J connectivity index is 1.11. The molecule has 1 saturated heterocycles. The number of rotatable bonds is 6. The summed E-state index contributed by atoms with van der Waals surface area (Å²) in [6.07, 6.45) is 9.71. The highest BCUT2D eigenvalue weighted by molar-refractivity contribution is 7.80. The second kappa shape index (κ2) is 8.62. The van der Waals surface area contributed by atoms with Gasteiger partial charge in [0.05, 0.1) is 13.2 Å². The second-order valence-corrected chi connectivity index (χ2v) is 9.74. The standard InChI is InChI=1S/C20H34N4O2S/c25-18(14-20-11-15-8-16(12-20)10-17(9-15)13-20)22-23-19(27)21-2-1-3-24-4-6-26-7-5-24/h15-17H,1-14H2,(H,22,25)(H2,21,23,27). The van der Waals surface area contributed by atoms with E-state index in [-0.39, 0.29) is 11.3 Å². The number of hydrogen-bond donors (Lipinski definition) is 3. The summed E-state index contributed by atoms with van der Waals surface area (Å²) in [4.78, 5) is 14.9. The van der Waals surface area contributed by atoms with Crippen LogP contribution in [-0.2, 0) is 9.53 Å². The summed E-state index contributed by atoms with van der Waals surface area (Å²) in [6.45, 7) is 5.57. The Morgan fingerprint density at radius 1 is 1.04 bits per heavy atom. The fraction of sp³-hybridized carbons (Fsp3) is 0.900. The first kappa shape index (κ1) is 19.4. The van der Waals surface area contributed by atoms with Gasteiger partial charge in [-0.25, -0.2) is 0 Å². The van der Waals surface area contributed by atoms with Gasteiger partial charge in [0, 0.05) is 26.1 Å². The van der Waals surface area contributed by atoms with Crippen LogP contribution in [0.4, 0.5) is 0 Å². The third kappa shape index (κ3) is 5.12. The topological polar surface area (TPSA) is 65.6 Å². The summed E-state index contributed by atoms with van der Waals surface area (Å²) >= 11 is 5.29. The van der Waals surface area contributed by atoms with Crippen molar-refractivity contribution in [2.45, 2.75) is 51.4 Å². The Morgan fingerprint density at radius 3 is 2.30 bits per heavy atom. The van der Waals surface area contributed by atoms with Crippen LogP contribution in [0.25, 0.3) is 0 Å². The molecule has 0 aromatic carbocycles. The number of amides is 1. The molecule has 27 heavy (non-hydrogen) atoms. The van der Waals surface area contributed by atoms with E-state index in [2.05, 4.69) is 21.1 Å². The summed E-state index contributed by atoms with van der Waals surface area (Å²) in [7, 11) is 0. The van der Waals surface area contributed by atoms with Crippen molar-refractivity contribution in [2.24, 2.45) is 23.2 Å². The summed E-state index contributed by atoms with van der Waals surface area (Å²) in [5.41, 5.74) is 5.99. The van der Waals surface area contributed by atoms with E-state index in [4.69, 9.17) is 17.0 Å². The van der Waals surface area contributed by atoms with Crippen LogP contribution in [0.15, 0.2) is 0 Å². The average molecular weight is 395 g/mol. The van der Waals surface area contributed by atoms with Crippen molar-refractivity contribution in [1.29, 1.82) is 0 Å².